The van der Waals surface area contributed by atoms with Crippen LogP contribution in [-0.2, 0) is 4.79 Å². The number of benzene rings is 1. The Kier molecular flexibility index (Phi) is 6.52. The predicted molar refractivity (Wildman–Crippen MR) is 103 cm³/mol. The molecule has 3 amide bonds. The van der Waals surface area contributed by atoms with Crippen molar-refractivity contribution in [2.45, 2.75) is 26.3 Å². The van der Waals surface area contributed by atoms with Crippen LogP contribution in [0.1, 0.15) is 17.8 Å². The minimum absolute atomic E-state index is 0.270. The maximum Gasteiger partial charge on any atom is 0.312 e. The SMILES string of the molecule is CSCC[C@H](NC(N)=O)C(=O)Nc1ccc(-n2c(C)ccc2C)cc1. The van der Waals surface area contributed by atoms with E-state index < -0.39 is 12.1 Å². The number of primary amides is 1. The van der Waals surface area contributed by atoms with E-state index in [4.69, 9.17) is 5.73 Å². The van der Waals surface area contributed by atoms with Gasteiger partial charge in [0.05, 0.1) is 0 Å². The Balaban J connectivity index is 2.08. The van der Waals surface area contributed by atoms with Crippen LogP contribution in [0.5, 0.6) is 0 Å². The Bertz CT molecular complexity index is 721. The first-order valence-electron chi connectivity index (χ1n) is 8.03. The minimum atomic E-state index is -0.699. The molecule has 0 spiro atoms. The number of hydrogen-bond acceptors (Lipinski definition) is 3. The van der Waals surface area contributed by atoms with E-state index in [1.54, 1.807) is 11.8 Å². The largest absolute Gasteiger partial charge is 0.352 e. The zero-order valence-corrected chi connectivity index (χ0v) is 15.5. The second-order valence-corrected chi connectivity index (χ2v) is 6.82. The van der Waals surface area contributed by atoms with Crippen LogP contribution in [0.25, 0.3) is 5.69 Å². The number of nitrogens with one attached hydrogen (secondary N) is 2. The molecular formula is C18H24N4O2S. The van der Waals surface area contributed by atoms with E-state index in [2.05, 4.69) is 41.2 Å². The van der Waals surface area contributed by atoms with Crippen molar-refractivity contribution in [3.05, 3.63) is 47.8 Å². The molecule has 7 heteroatoms. The Morgan fingerprint density at radius 3 is 2.24 bits per heavy atom. The zero-order valence-electron chi connectivity index (χ0n) is 14.7. The van der Waals surface area contributed by atoms with Crippen molar-refractivity contribution in [2.24, 2.45) is 5.73 Å². The second-order valence-electron chi connectivity index (χ2n) is 5.83. The molecule has 4 N–H and O–H groups in total. The lowest BCUT2D eigenvalue weighted by Crippen LogP contribution is -2.46. The second kappa shape index (κ2) is 8.62. The molecule has 1 aromatic heterocycles. The van der Waals surface area contributed by atoms with Crippen LogP contribution < -0.4 is 16.4 Å². The number of anilines is 1. The number of carbonyl (C=O) groups is 2. The summed E-state index contributed by atoms with van der Waals surface area (Å²) in [6, 6.07) is 10.4. The average molecular weight is 360 g/mol. The highest BCUT2D eigenvalue weighted by Gasteiger charge is 2.19. The first kappa shape index (κ1) is 18.9. The fourth-order valence-corrected chi connectivity index (χ4v) is 3.15. The zero-order chi connectivity index (χ0) is 18.4. The first-order valence-corrected chi connectivity index (χ1v) is 9.43. The summed E-state index contributed by atoms with van der Waals surface area (Å²) in [4.78, 5) is 23.5. The van der Waals surface area contributed by atoms with Crippen LogP contribution >= 0.6 is 11.8 Å². The Morgan fingerprint density at radius 2 is 1.72 bits per heavy atom. The lowest BCUT2D eigenvalue weighted by molar-refractivity contribution is -0.117. The molecule has 2 rings (SSSR count). The summed E-state index contributed by atoms with van der Waals surface area (Å²) in [5, 5.41) is 5.32. The third-order valence-corrected chi connectivity index (χ3v) is 4.55. The molecule has 1 heterocycles. The first-order chi connectivity index (χ1) is 11.9. The quantitative estimate of drug-likeness (QED) is 0.709. The van der Waals surface area contributed by atoms with Crippen molar-refractivity contribution in [3.63, 3.8) is 0 Å². The Hall–Kier alpha value is -2.41. The summed E-state index contributed by atoms with van der Waals surface area (Å²) < 4.78 is 2.14. The van der Waals surface area contributed by atoms with Gasteiger partial charge in [-0.1, -0.05) is 0 Å². The van der Waals surface area contributed by atoms with Gasteiger partial charge in [-0.25, -0.2) is 4.79 Å². The van der Waals surface area contributed by atoms with Crippen LogP contribution in [0, 0.1) is 13.8 Å². The third kappa shape index (κ3) is 5.03. The van der Waals surface area contributed by atoms with Gasteiger partial charge in [-0.2, -0.15) is 11.8 Å². The minimum Gasteiger partial charge on any atom is -0.352 e. The number of nitrogens with two attached hydrogens (primary N) is 1. The number of thioether (sulfide) groups is 1. The van der Waals surface area contributed by atoms with E-state index in [0.717, 1.165) is 22.8 Å². The summed E-state index contributed by atoms with van der Waals surface area (Å²) in [6.45, 7) is 4.10. The van der Waals surface area contributed by atoms with E-state index in [1.807, 2.05) is 30.5 Å². The number of carbonyl (C=O) groups excluding carboxylic acids is 2. The van der Waals surface area contributed by atoms with E-state index in [-0.39, 0.29) is 5.91 Å². The molecule has 134 valence electrons. The highest BCUT2D eigenvalue weighted by Crippen LogP contribution is 2.19. The van der Waals surface area contributed by atoms with Crippen molar-refractivity contribution in [1.29, 1.82) is 0 Å². The van der Waals surface area contributed by atoms with Gasteiger partial charge in [-0.05, 0) is 68.7 Å². The van der Waals surface area contributed by atoms with Crippen LogP contribution in [0.2, 0.25) is 0 Å². The normalized spacial score (nSPS) is 11.8. The Labute approximate surface area is 152 Å². The lowest BCUT2D eigenvalue weighted by Gasteiger charge is -2.17. The van der Waals surface area contributed by atoms with Gasteiger partial charge >= 0.3 is 6.03 Å². The average Bonchev–Trinajstić information content (AvgIpc) is 2.90. The van der Waals surface area contributed by atoms with Crippen molar-refractivity contribution < 1.29 is 9.59 Å². The standard InChI is InChI=1S/C18H24N4O2S/c1-12-4-5-13(2)22(12)15-8-6-14(7-9-15)20-17(23)16(10-11-25-3)21-18(19)24/h4-9,16H,10-11H2,1-3H3,(H,20,23)(H3,19,21,24)/t16-/m0/s1. The topological polar surface area (TPSA) is 89.2 Å². The summed E-state index contributed by atoms with van der Waals surface area (Å²) in [5.41, 5.74) is 9.17. The fourth-order valence-electron chi connectivity index (χ4n) is 2.68. The third-order valence-electron chi connectivity index (χ3n) is 3.91. The molecule has 0 radical (unpaired) electrons. The van der Waals surface area contributed by atoms with Crippen LogP contribution in [0.4, 0.5) is 10.5 Å². The molecular weight excluding hydrogens is 336 g/mol. The van der Waals surface area contributed by atoms with Gasteiger partial charge < -0.3 is 20.9 Å². The molecule has 6 nitrogen and oxygen atoms in total. The molecule has 0 aliphatic rings. The smallest absolute Gasteiger partial charge is 0.312 e. The summed E-state index contributed by atoms with van der Waals surface area (Å²) >= 11 is 1.61. The summed E-state index contributed by atoms with van der Waals surface area (Å²) in [6.07, 6.45) is 2.47. The van der Waals surface area contributed by atoms with Gasteiger partial charge in [-0.15, -0.1) is 0 Å². The van der Waals surface area contributed by atoms with Gasteiger partial charge in [0, 0.05) is 22.8 Å². The highest BCUT2D eigenvalue weighted by atomic mass is 32.2. The summed E-state index contributed by atoms with van der Waals surface area (Å²) in [5.74, 6) is 0.484. The van der Waals surface area contributed by atoms with Crippen molar-refractivity contribution in [3.8, 4) is 5.69 Å². The molecule has 25 heavy (non-hydrogen) atoms. The molecule has 0 unspecified atom stereocenters. The van der Waals surface area contributed by atoms with Gasteiger partial charge in [-0.3, -0.25) is 4.79 Å². The van der Waals surface area contributed by atoms with Gasteiger partial charge in [0.15, 0.2) is 0 Å². The fraction of sp³-hybridized carbons (Fsp3) is 0.333. The molecule has 0 aliphatic carbocycles. The van der Waals surface area contributed by atoms with E-state index in [1.165, 1.54) is 0 Å². The molecule has 2 aromatic rings. The maximum absolute atomic E-state index is 12.4. The number of hydrogen-bond donors (Lipinski definition) is 3. The van der Waals surface area contributed by atoms with Crippen molar-refractivity contribution >= 4 is 29.4 Å². The van der Waals surface area contributed by atoms with E-state index >= 15 is 0 Å². The number of nitrogens with zero attached hydrogens (tertiary/aromatic N) is 1. The van der Waals surface area contributed by atoms with Gasteiger partial charge in [0.25, 0.3) is 0 Å². The van der Waals surface area contributed by atoms with Crippen molar-refractivity contribution in [1.82, 2.24) is 9.88 Å². The van der Waals surface area contributed by atoms with Crippen molar-refractivity contribution in [2.75, 3.05) is 17.3 Å². The van der Waals surface area contributed by atoms with Crippen LogP contribution in [-0.4, -0.2) is 34.6 Å². The molecule has 0 bridgehead atoms. The molecule has 0 aliphatic heterocycles. The van der Waals surface area contributed by atoms with Gasteiger partial charge in [0.2, 0.25) is 5.91 Å². The molecule has 0 fully saturated rings. The molecule has 1 atom stereocenters. The number of rotatable bonds is 7. The molecule has 0 saturated carbocycles. The van der Waals surface area contributed by atoms with E-state index in [9.17, 15) is 9.59 Å². The molecule has 0 saturated heterocycles. The maximum atomic E-state index is 12.4. The number of aromatic nitrogens is 1. The number of aryl methyl sites for hydroxylation is 2. The summed E-state index contributed by atoms with van der Waals surface area (Å²) in [7, 11) is 0. The predicted octanol–water partition coefficient (Wildman–Crippen LogP) is 2.82. The Morgan fingerprint density at radius 1 is 1.12 bits per heavy atom. The lowest BCUT2D eigenvalue weighted by atomic mass is 10.2. The van der Waals surface area contributed by atoms with Crippen LogP contribution in [0.15, 0.2) is 36.4 Å². The van der Waals surface area contributed by atoms with Gasteiger partial charge in [0.1, 0.15) is 6.04 Å². The highest BCUT2D eigenvalue weighted by molar-refractivity contribution is 7.98. The number of amides is 3. The van der Waals surface area contributed by atoms with E-state index in [0.29, 0.717) is 12.1 Å². The number of urea groups is 1. The molecule has 1 aromatic carbocycles. The van der Waals surface area contributed by atoms with Crippen LogP contribution in [0.3, 0.4) is 0 Å². The monoisotopic (exact) mass is 360 g/mol.